The maximum Gasteiger partial charge on any atom is 0.251 e. The Morgan fingerprint density at radius 3 is 2.14 bits per heavy atom. The van der Waals surface area contributed by atoms with Gasteiger partial charge in [0.25, 0.3) is 5.91 Å². The minimum atomic E-state index is -0.505. The normalized spacial score (nSPS) is 12.1. The Bertz CT molecular complexity index is 216. The van der Waals surface area contributed by atoms with E-state index >= 15 is 0 Å². The molecule has 0 aromatic heterocycles. The van der Waals surface area contributed by atoms with Crippen molar-refractivity contribution in [3.63, 3.8) is 0 Å². The topological polar surface area (TPSA) is 49.9 Å². The van der Waals surface area contributed by atoms with Crippen LogP contribution < -0.4 is 0 Å². The van der Waals surface area contributed by atoms with E-state index in [4.69, 9.17) is 4.74 Å². The molecule has 0 aromatic rings. The number of amides is 2. The van der Waals surface area contributed by atoms with Gasteiger partial charge in [0.1, 0.15) is 6.10 Å². The number of hydrogen-bond acceptors (Lipinski definition) is 3. The summed E-state index contributed by atoms with van der Waals surface area (Å²) in [5.74, 6) is -0.299. The number of methoxy groups -OCH3 is 1. The Hall–Kier alpha value is -1.10. The summed E-state index contributed by atoms with van der Waals surface area (Å²) in [5.41, 5.74) is 0. The second-order valence-corrected chi connectivity index (χ2v) is 3.36. The third-order valence-corrected chi connectivity index (χ3v) is 1.95. The molecule has 0 rings (SSSR count). The summed E-state index contributed by atoms with van der Waals surface area (Å²) in [7, 11) is 6.35. The van der Waals surface area contributed by atoms with Crippen LogP contribution in [-0.4, -0.2) is 62.5 Å². The van der Waals surface area contributed by atoms with Gasteiger partial charge in [-0.1, -0.05) is 0 Å². The van der Waals surface area contributed by atoms with Crippen LogP contribution in [-0.2, 0) is 14.3 Å². The molecule has 0 saturated heterocycles. The molecule has 0 radical (unpaired) electrons. The fraction of sp³-hybridized carbons (Fsp3) is 0.778. The van der Waals surface area contributed by atoms with Crippen LogP contribution in [0, 0.1) is 0 Å². The average Bonchev–Trinajstić information content (AvgIpc) is 2.14. The van der Waals surface area contributed by atoms with E-state index in [0.717, 1.165) is 0 Å². The van der Waals surface area contributed by atoms with Crippen molar-refractivity contribution < 1.29 is 14.3 Å². The number of likely N-dealkylation sites (N-methyl/N-ethyl adjacent to an activating group) is 2. The van der Waals surface area contributed by atoms with Crippen molar-refractivity contribution in [2.24, 2.45) is 0 Å². The van der Waals surface area contributed by atoms with Gasteiger partial charge in [0.2, 0.25) is 5.91 Å². The first kappa shape index (κ1) is 12.9. The van der Waals surface area contributed by atoms with E-state index in [1.54, 1.807) is 28.1 Å². The molecule has 0 spiro atoms. The Kier molecular flexibility index (Phi) is 5.15. The number of ether oxygens (including phenoxy) is 1. The smallest absolute Gasteiger partial charge is 0.251 e. The van der Waals surface area contributed by atoms with Gasteiger partial charge in [-0.3, -0.25) is 9.59 Å². The highest BCUT2D eigenvalue weighted by Crippen LogP contribution is 1.96. The Morgan fingerprint density at radius 2 is 1.79 bits per heavy atom. The molecule has 0 heterocycles. The van der Waals surface area contributed by atoms with Crippen LogP contribution in [0.5, 0.6) is 0 Å². The van der Waals surface area contributed by atoms with Gasteiger partial charge in [-0.2, -0.15) is 0 Å². The van der Waals surface area contributed by atoms with E-state index in [9.17, 15) is 9.59 Å². The zero-order chi connectivity index (χ0) is 11.3. The van der Waals surface area contributed by atoms with Crippen LogP contribution in [0.3, 0.4) is 0 Å². The van der Waals surface area contributed by atoms with E-state index in [2.05, 4.69) is 0 Å². The van der Waals surface area contributed by atoms with Crippen molar-refractivity contribution in [3.8, 4) is 0 Å². The molecule has 2 amide bonds. The van der Waals surface area contributed by atoms with Crippen molar-refractivity contribution in [1.82, 2.24) is 9.80 Å². The lowest BCUT2D eigenvalue weighted by atomic mass is 10.3. The molecule has 5 nitrogen and oxygen atoms in total. The fourth-order valence-electron chi connectivity index (χ4n) is 0.833. The molecule has 0 aliphatic rings. The highest BCUT2D eigenvalue weighted by molar-refractivity contribution is 5.86. The molecule has 0 saturated carbocycles. The molecule has 1 unspecified atom stereocenters. The molecule has 0 bridgehead atoms. The van der Waals surface area contributed by atoms with Crippen molar-refractivity contribution in [3.05, 3.63) is 0 Å². The molecular formula is C9H18N2O3. The Morgan fingerprint density at radius 1 is 1.29 bits per heavy atom. The quantitative estimate of drug-likeness (QED) is 0.621. The first-order valence-corrected chi connectivity index (χ1v) is 4.38. The third kappa shape index (κ3) is 3.74. The lowest BCUT2D eigenvalue weighted by Gasteiger charge is -2.21. The van der Waals surface area contributed by atoms with E-state index in [0.29, 0.717) is 0 Å². The molecule has 0 aliphatic heterocycles. The minimum absolute atomic E-state index is 0.0829. The standard InChI is InChI=1S/C9H18N2O3/c1-7(14-5)9(13)11(4)6-8(12)10(2)3/h7H,6H2,1-5H3. The maximum atomic E-state index is 11.5. The highest BCUT2D eigenvalue weighted by Gasteiger charge is 2.19. The monoisotopic (exact) mass is 202 g/mol. The van der Waals surface area contributed by atoms with Crippen molar-refractivity contribution in [1.29, 1.82) is 0 Å². The number of rotatable bonds is 4. The summed E-state index contributed by atoms with van der Waals surface area (Å²) in [6.45, 7) is 1.73. The minimum Gasteiger partial charge on any atom is -0.372 e. The lowest BCUT2D eigenvalue weighted by Crippen LogP contribution is -2.42. The predicted octanol–water partition coefficient (Wildman–Crippen LogP) is -0.432. The Labute approximate surface area is 84.6 Å². The zero-order valence-electron chi connectivity index (χ0n) is 9.40. The van der Waals surface area contributed by atoms with E-state index in [1.807, 2.05) is 0 Å². The molecule has 0 fully saturated rings. The fourth-order valence-corrected chi connectivity index (χ4v) is 0.833. The van der Waals surface area contributed by atoms with Crippen molar-refractivity contribution in [2.75, 3.05) is 34.8 Å². The van der Waals surface area contributed by atoms with Crippen LogP contribution >= 0.6 is 0 Å². The SMILES string of the molecule is COC(C)C(=O)N(C)CC(=O)N(C)C. The number of carbonyl (C=O) groups is 2. The average molecular weight is 202 g/mol. The van der Waals surface area contributed by atoms with Crippen LogP contribution in [0.2, 0.25) is 0 Å². The lowest BCUT2D eigenvalue weighted by molar-refractivity contribution is -0.144. The molecule has 0 N–H and O–H groups in total. The van der Waals surface area contributed by atoms with Gasteiger partial charge in [0.15, 0.2) is 0 Å². The molecule has 1 atom stereocenters. The van der Waals surface area contributed by atoms with Gasteiger partial charge in [-0.05, 0) is 6.92 Å². The molecule has 0 aliphatic carbocycles. The van der Waals surface area contributed by atoms with Gasteiger partial charge in [-0.15, -0.1) is 0 Å². The van der Waals surface area contributed by atoms with Gasteiger partial charge in [0.05, 0.1) is 6.54 Å². The van der Waals surface area contributed by atoms with Crippen LogP contribution in [0.4, 0.5) is 0 Å². The summed E-state index contributed by atoms with van der Waals surface area (Å²) >= 11 is 0. The Balaban J connectivity index is 4.14. The molecule has 0 aromatic carbocycles. The predicted molar refractivity (Wildman–Crippen MR) is 52.8 cm³/mol. The number of carbonyl (C=O) groups excluding carboxylic acids is 2. The van der Waals surface area contributed by atoms with Gasteiger partial charge < -0.3 is 14.5 Å². The first-order chi connectivity index (χ1) is 6.40. The molecule has 14 heavy (non-hydrogen) atoms. The van der Waals surface area contributed by atoms with Crippen LogP contribution in [0.25, 0.3) is 0 Å². The second kappa shape index (κ2) is 5.59. The van der Waals surface area contributed by atoms with E-state index in [-0.39, 0.29) is 18.4 Å². The van der Waals surface area contributed by atoms with Crippen molar-refractivity contribution >= 4 is 11.8 Å². The molecule has 5 heteroatoms. The molecule has 82 valence electrons. The highest BCUT2D eigenvalue weighted by atomic mass is 16.5. The molecular weight excluding hydrogens is 184 g/mol. The number of nitrogens with zero attached hydrogens (tertiary/aromatic N) is 2. The zero-order valence-corrected chi connectivity index (χ0v) is 9.40. The number of hydrogen-bond donors (Lipinski definition) is 0. The maximum absolute atomic E-state index is 11.5. The summed E-state index contributed by atoms with van der Waals surface area (Å²) in [6.07, 6.45) is -0.505. The van der Waals surface area contributed by atoms with Crippen LogP contribution in [0.1, 0.15) is 6.92 Å². The first-order valence-electron chi connectivity index (χ1n) is 4.38. The van der Waals surface area contributed by atoms with Gasteiger partial charge >= 0.3 is 0 Å². The van der Waals surface area contributed by atoms with Crippen LogP contribution in [0.15, 0.2) is 0 Å². The summed E-state index contributed by atoms with van der Waals surface area (Å²) in [4.78, 5) is 25.5. The van der Waals surface area contributed by atoms with E-state index in [1.165, 1.54) is 16.9 Å². The van der Waals surface area contributed by atoms with Gasteiger partial charge in [0, 0.05) is 28.3 Å². The largest absolute Gasteiger partial charge is 0.372 e. The second-order valence-electron chi connectivity index (χ2n) is 3.36. The van der Waals surface area contributed by atoms with Crippen molar-refractivity contribution in [2.45, 2.75) is 13.0 Å². The summed E-state index contributed by atoms with van der Waals surface area (Å²) in [5, 5.41) is 0. The third-order valence-electron chi connectivity index (χ3n) is 1.95. The van der Waals surface area contributed by atoms with E-state index < -0.39 is 6.10 Å². The van der Waals surface area contributed by atoms with Gasteiger partial charge in [-0.25, -0.2) is 0 Å². The summed E-state index contributed by atoms with van der Waals surface area (Å²) < 4.78 is 4.86. The summed E-state index contributed by atoms with van der Waals surface area (Å²) in [6, 6.07) is 0.